The summed E-state index contributed by atoms with van der Waals surface area (Å²) in [5, 5.41) is 11.8. The Balaban J connectivity index is 2.59. The summed E-state index contributed by atoms with van der Waals surface area (Å²) < 4.78 is 0. The molecule has 1 heterocycles. The molecule has 0 unspecified atom stereocenters. The van der Waals surface area contributed by atoms with Crippen LogP contribution in [0.5, 0.6) is 0 Å². The predicted molar refractivity (Wildman–Crippen MR) is 104 cm³/mol. The quantitative estimate of drug-likeness (QED) is 0.409. The van der Waals surface area contributed by atoms with Crippen molar-refractivity contribution in [2.24, 2.45) is 0 Å². The third kappa shape index (κ3) is 7.67. The Hall–Kier alpha value is -1.06. The lowest BCUT2D eigenvalue weighted by Crippen LogP contribution is -2.36. The van der Waals surface area contributed by atoms with Crippen LogP contribution in [-0.2, 0) is 12.8 Å². The van der Waals surface area contributed by atoms with Crippen molar-refractivity contribution in [1.82, 2.24) is 15.1 Å². The van der Waals surface area contributed by atoms with E-state index >= 15 is 0 Å². The van der Waals surface area contributed by atoms with Gasteiger partial charge in [-0.05, 0) is 39.5 Å². The maximum Gasteiger partial charge on any atom is 0.0881 e. The number of hydrogen-bond acceptors (Lipinski definition) is 3. The SMILES string of the molecule is CCCCCCCc1nn(N(CC)CC)nc1CCCCCCC. The first-order valence-corrected chi connectivity index (χ1v) is 10.5. The number of hydrogen-bond donors (Lipinski definition) is 0. The van der Waals surface area contributed by atoms with Crippen LogP contribution in [-0.4, -0.2) is 28.2 Å². The van der Waals surface area contributed by atoms with E-state index in [0.29, 0.717) is 0 Å². The topological polar surface area (TPSA) is 34.0 Å². The molecule has 0 N–H and O–H groups in total. The molecule has 0 aliphatic rings. The van der Waals surface area contributed by atoms with Crippen LogP contribution in [0.4, 0.5) is 0 Å². The average Bonchev–Trinajstić information content (AvgIpc) is 2.98. The molecule has 140 valence electrons. The highest BCUT2D eigenvalue weighted by atomic mass is 15.8. The number of nitrogens with zero attached hydrogens (tertiary/aromatic N) is 4. The molecule has 0 spiro atoms. The normalized spacial score (nSPS) is 11.2. The van der Waals surface area contributed by atoms with E-state index in [1.807, 2.05) is 4.91 Å². The third-order valence-electron chi connectivity index (χ3n) is 4.77. The molecule has 0 radical (unpaired) electrons. The van der Waals surface area contributed by atoms with Gasteiger partial charge in [0.25, 0.3) is 0 Å². The van der Waals surface area contributed by atoms with E-state index in [1.165, 1.54) is 75.6 Å². The zero-order valence-corrected chi connectivity index (χ0v) is 16.7. The summed E-state index contributed by atoms with van der Waals surface area (Å²) in [5.74, 6) is 0. The molecule has 1 rings (SSSR count). The number of aryl methyl sites for hydroxylation is 2. The minimum atomic E-state index is 0.955. The molecule has 0 aliphatic heterocycles. The highest BCUT2D eigenvalue weighted by Gasteiger charge is 2.13. The zero-order chi connectivity index (χ0) is 17.6. The highest BCUT2D eigenvalue weighted by molar-refractivity contribution is 5.10. The van der Waals surface area contributed by atoms with Crippen molar-refractivity contribution in [3.63, 3.8) is 0 Å². The molecule has 4 heteroatoms. The monoisotopic (exact) mass is 336 g/mol. The van der Waals surface area contributed by atoms with E-state index in [9.17, 15) is 0 Å². The molecule has 1 aromatic rings. The molecule has 4 nitrogen and oxygen atoms in total. The molecule has 0 atom stereocenters. The van der Waals surface area contributed by atoms with E-state index in [4.69, 9.17) is 10.2 Å². The van der Waals surface area contributed by atoms with Crippen LogP contribution in [0.1, 0.15) is 103 Å². The smallest absolute Gasteiger partial charge is 0.0881 e. The summed E-state index contributed by atoms with van der Waals surface area (Å²) in [6.07, 6.45) is 15.4. The van der Waals surface area contributed by atoms with Gasteiger partial charge in [-0.15, -0.1) is 10.2 Å². The Morgan fingerprint density at radius 1 is 0.625 bits per heavy atom. The first-order valence-electron chi connectivity index (χ1n) is 10.5. The van der Waals surface area contributed by atoms with Crippen molar-refractivity contribution < 1.29 is 0 Å². The van der Waals surface area contributed by atoms with Gasteiger partial charge in [0.2, 0.25) is 0 Å². The second kappa shape index (κ2) is 13.3. The van der Waals surface area contributed by atoms with Crippen LogP contribution in [0.15, 0.2) is 0 Å². The Bertz CT molecular complexity index is 378. The first kappa shape index (κ1) is 21.0. The maximum atomic E-state index is 4.82. The fourth-order valence-electron chi connectivity index (χ4n) is 3.14. The van der Waals surface area contributed by atoms with E-state index in [2.05, 4.69) is 32.7 Å². The van der Waals surface area contributed by atoms with Gasteiger partial charge in [0.15, 0.2) is 0 Å². The molecule has 0 saturated heterocycles. The molecule has 0 saturated carbocycles. The van der Waals surface area contributed by atoms with Crippen molar-refractivity contribution in [3.05, 3.63) is 11.4 Å². The largest absolute Gasteiger partial charge is 0.280 e. The number of aromatic nitrogens is 3. The predicted octanol–water partition coefficient (Wildman–Crippen LogP) is 5.28. The van der Waals surface area contributed by atoms with Gasteiger partial charge in [-0.25, -0.2) is 0 Å². The molecular formula is C20H40N4. The van der Waals surface area contributed by atoms with Crippen LogP contribution in [0.3, 0.4) is 0 Å². The second-order valence-corrected chi connectivity index (χ2v) is 6.83. The zero-order valence-electron chi connectivity index (χ0n) is 16.7. The Morgan fingerprint density at radius 2 is 1.04 bits per heavy atom. The summed E-state index contributed by atoms with van der Waals surface area (Å²) in [6.45, 7) is 10.8. The summed E-state index contributed by atoms with van der Waals surface area (Å²) >= 11 is 0. The van der Waals surface area contributed by atoms with E-state index in [-0.39, 0.29) is 0 Å². The fourth-order valence-corrected chi connectivity index (χ4v) is 3.14. The molecule has 0 bridgehead atoms. The lowest BCUT2D eigenvalue weighted by molar-refractivity contribution is 0.485. The molecular weight excluding hydrogens is 296 g/mol. The standard InChI is InChI=1S/C20H40N4/c1-5-9-11-13-15-17-19-20(18-16-14-12-10-6-2)22-24(21-19)23(7-3)8-4/h5-18H2,1-4H3. The summed E-state index contributed by atoms with van der Waals surface area (Å²) in [7, 11) is 0. The van der Waals surface area contributed by atoms with Gasteiger partial charge >= 0.3 is 0 Å². The molecule has 0 fully saturated rings. The lowest BCUT2D eigenvalue weighted by Gasteiger charge is -2.18. The summed E-state index contributed by atoms with van der Waals surface area (Å²) in [6, 6.07) is 0. The third-order valence-corrected chi connectivity index (χ3v) is 4.77. The maximum absolute atomic E-state index is 4.82. The van der Waals surface area contributed by atoms with Crippen molar-refractivity contribution in [2.45, 2.75) is 105 Å². The van der Waals surface area contributed by atoms with E-state index in [1.54, 1.807) is 0 Å². The van der Waals surface area contributed by atoms with Crippen molar-refractivity contribution in [3.8, 4) is 0 Å². The van der Waals surface area contributed by atoms with Gasteiger partial charge in [0.05, 0.1) is 11.4 Å². The number of rotatable bonds is 15. The van der Waals surface area contributed by atoms with Crippen LogP contribution in [0.2, 0.25) is 0 Å². The van der Waals surface area contributed by atoms with Crippen molar-refractivity contribution in [2.75, 3.05) is 18.1 Å². The van der Waals surface area contributed by atoms with Gasteiger partial charge in [-0.1, -0.05) is 70.1 Å². The summed E-state index contributed by atoms with van der Waals surface area (Å²) in [5.41, 5.74) is 2.49. The minimum absolute atomic E-state index is 0.955. The Labute approximate surface area is 150 Å². The lowest BCUT2D eigenvalue weighted by atomic mass is 10.0. The van der Waals surface area contributed by atoms with E-state index in [0.717, 1.165) is 25.9 Å². The number of unbranched alkanes of at least 4 members (excludes halogenated alkanes) is 8. The summed E-state index contributed by atoms with van der Waals surface area (Å²) in [4.78, 5) is 1.86. The van der Waals surface area contributed by atoms with Gasteiger partial charge in [0, 0.05) is 13.1 Å². The van der Waals surface area contributed by atoms with Gasteiger partial charge in [-0.2, -0.15) is 0 Å². The van der Waals surface area contributed by atoms with Gasteiger partial charge in [0.1, 0.15) is 0 Å². The van der Waals surface area contributed by atoms with Crippen LogP contribution in [0, 0.1) is 0 Å². The molecule has 1 aromatic heterocycles. The Kier molecular flexibility index (Phi) is 11.6. The Morgan fingerprint density at radius 3 is 1.42 bits per heavy atom. The molecule has 24 heavy (non-hydrogen) atoms. The molecule has 0 aliphatic carbocycles. The van der Waals surface area contributed by atoms with E-state index < -0.39 is 0 Å². The van der Waals surface area contributed by atoms with Crippen molar-refractivity contribution >= 4 is 0 Å². The highest BCUT2D eigenvalue weighted by Crippen LogP contribution is 2.14. The van der Waals surface area contributed by atoms with Gasteiger partial charge < -0.3 is 0 Å². The molecule has 0 aromatic carbocycles. The first-order chi connectivity index (χ1) is 11.8. The van der Waals surface area contributed by atoms with Gasteiger partial charge in [-0.3, -0.25) is 5.01 Å². The second-order valence-electron chi connectivity index (χ2n) is 6.83. The minimum Gasteiger partial charge on any atom is -0.280 e. The van der Waals surface area contributed by atoms with Crippen LogP contribution < -0.4 is 5.01 Å². The molecule has 0 amide bonds. The van der Waals surface area contributed by atoms with Crippen molar-refractivity contribution in [1.29, 1.82) is 0 Å². The van der Waals surface area contributed by atoms with Crippen LogP contribution in [0.25, 0.3) is 0 Å². The van der Waals surface area contributed by atoms with Crippen LogP contribution >= 0.6 is 0 Å². The fraction of sp³-hybridized carbons (Fsp3) is 0.900. The average molecular weight is 337 g/mol.